The van der Waals surface area contributed by atoms with Crippen LogP contribution in [0.4, 0.5) is 5.82 Å². The van der Waals surface area contributed by atoms with Crippen molar-refractivity contribution in [2.75, 3.05) is 43.1 Å². The number of nitrogens with two attached hydrogens (primary N) is 1. The number of carbonyl (C=O) groups is 1. The number of amides is 1. The van der Waals surface area contributed by atoms with Crippen molar-refractivity contribution in [3.05, 3.63) is 24.4 Å². The van der Waals surface area contributed by atoms with E-state index in [2.05, 4.69) is 16.0 Å². The van der Waals surface area contributed by atoms with Crippen LogP contribution in [0.3, 0.4) is 0 Å². The van der Waals surface area contributed by atoms with Gasteiger partial charge in [-0.3, -0.25) is 4.79 Å². The first-order valence-corrected chi connectivity index (χ1v) is 10.2. The molecule has 0 unspecified atom stereocenters. The number of thioether (sulfide) groups is 1. The summed E-state index contributed by atoms with van der Waals surface area (Å²) in [7, 11) is 0. The van der Waals surface area contributed by atoms with Crippen molar-refractivity contribution in [3.63, 3.8) is 0 Å². The number of nitrogens with zero attached hydrogens (tertiary/aromatic N) is 3. The van der Waals surface area contributed by atoms with Crippen molar-refractivity contribution in [1.82, 2.24) is 9.88 Å². The molecule has 1 amide bonds. The standard InChI is InChI=1S/C18H30N4OS/c1-3-21(18(23)16(19)9-13-24-2)14-15-7-11-22(12-8-15)17-6-4-5-10-20-17/h4-6,10,15-16H,3,7-9,11-14,19H2,1-2H3/t16-/m0/s1. The predicted molar refractivity (Wildman–Crippen MR) is 102 cm³/mol. The van der Waals surface area contributed by atoms with E-state index in [1.165, 1.54) is 0 Å². The van der Waals surface area contributed by atoms with E-state index >= 15 is 0 Å². The van der Waals surface area contributed by atoms with E-state index in [9.17, 15) is 4.79 Å². The zero-order chi connectivity index (χ0) is 17.4. The van der Waals surface area contributed by atoms with Gasteiger partial charge in [0, 0.05) is 32.4 Å². The molecule has 5 nitrogen and oxygen atoms in total. The SMILES string of the molecule is CCN(CC1CCN(c2ccccn2)CC1)C(=O)[C@@H](N)CCSC. The van der Waals surface area contributed by atoms with Crippen molar-refractivity contribution in [2.24, 2.45) is 11.7 Å². The Bertz CT molecular complexity index is 491. The largest absolute Gasteiger partial charge is 0.357 e. The van der Waals surface area contributed by atoms with Crippen LogP contribution < -0.4 is 10.6 Å². The summed E-state index contributed by atoms with van der Waals surface area (Å²) >= 11 is 1.74. The quantitative estimate of drug-likeness (QED) is 0.779. The van der Waals surface area contributed by atoms with Crippen LogP contribution in [0.1, 0.15) is 26.2 Å². The molecule has 134 valence electrons. The Morgan fingerprint density at radius 1 is 1.46 bits per heavy atom. The normalized spacial score (nSPS) is 16.9. The summed E-state index contributed by atoms with van der Waals surface area (Å²) in [5.74, 6) is 2.66. The number of pyridine rings is 1. The number of piperidine rings is 1. The van der Waals surface area contributed by atoms with E-state index in [1.54, 1.807) is 11.8 Å². The second-order valence-electron chi connectivity index (χ2n) is 6.38. The van der Waals surface area contributed by atoms with Crippen molar-refractivity contribution in [2.45, 2.75) is 32.2 Å². The summed E-state index contributed by atoms with van der Waals surface area (Å²) in [6.07, 6.45) is 6.84. The Labute approximate surface area is 150 Å². The molecule has 0 spiro atoms. The lowest BCUT2D eigenvalue weighted by Crippen LogP contribution is -2.47. The minimum Gasteiger partial charge on any atom is -0.357 e. The lowest BCUT2D eigenvalue weighted by atomic mass is 9.95. The van der Waals surface area contributed by atoms with Crippen molar-refractivity contribution in [3.8, 4) is 0 Å². The van der Waals surface area contributed by atoms with Gasteiger partial charge in [-0.05, 0) is 56.2 Å². The molecule has 0 bridgehead atoms. The lowest BCUT2D eigenvalue weighted by Gasteiger charge is -2.35. The molecule has 1 aliphatic rings. The molecule has 1 aliphatic heterocycles. The fourth-order valence-electron chi connectivity index (χ4n) is 3.17. The van der Waals surface area contributed by atoms with Crippen LogP contribution in [0.15, 0.2) is 24.4 Å². The van der Waals surface area contributed by atoms with Gasteiger partial charge in [0.1, 0.15) is 5.82 Å². The van der Waals surface area contributed by atoms with Crippen LogP contribution in [0.25, 0.3) is 0 Å². The van der Waals surface area contributed by atoms with E-state index < -0.39 is 0 Å². The maximum atomic E-state index is 12.5. The summed E-state index contributed by atoms with van der Waals surface area (Å²) < 4.78 is 0. The van der Waals surface area contributed by atoms with Gasteiger partial charge in [0.15, 0.2) is 0 Å². The molecule has 1 atom stereocenters. The minimum atomic E-state index is -0.356. The summed E-state index contributed by atoms with van der Waals surface area (Å²) in [5.41, 5.74) is 6.06. The maximum Gasteiger partial charge on any atom is 0.239 e. The van der Waals surface area contributed by atoms with Crippen LogP contribution in [0, 0.1) is 5.92 Å². The maximum absolute atomic E-state index is 12.5. The number of hydrogen-bond acceptors (Lipinski definition) is 5. The highest BCUT2D eigenvalue weighted by Crippen LogP contribution is 2.22. The second-order valence-corrected chi connectivity index (χ2v) is 7.37. The average molecular weight is 351 g/mol. The molecule has 2 rings (SSSR count). The molecule has 1 saturated heterocycles. The molecule has 6 heteroatoms. The smallest absolute Gasteiger partial charge is 0.239 e. The Kier molecular flexibility index (Phi) is 7.85. The van der Waals surface area contributed by atoms with Gasteiger partial charge in [0.2, 0.25) is 5.91 Å². The minimum absolute atomic E-state index is 0.110. The van der Waals surface area contributed by atoms with Crippen molar-refractivity contribution >= 4 is 23.5 Å². The fourth-order valence-corrected chi connectivity index (χ4v) is 3.66. The molecular formula is C18H30N4OS. The Morgan fingerprint density at radius 2 is 2.21 bits per heavy atom. The van der Waals surface area contributed by atoms with Crippen molar-refractivity contribution in [1.29, 1.82) is 0 Å². The summed E-state index contributed by atoms with van der Waals surface area (Å²) in [4.78, 5) is 21.2. The van der Waals surface area contributed by atoms with Crippen LogP contribution in [0.2, 0.25) is 0 Å². The number of aromatic nitrogens is 1. The number of likely N-dealkylation sites (N-methyl/N-ethyl adjacent to an activating group) is 1. The predicted octanol–water partition coefficient (Wildman–Crippen LogP) is 2.23. The first kappa shape index (κ1) is 19.1. The average Bonchev–Trinajstić information content (AvgIpc) is 2.64. The van der Waals surface area contributed by atoms with Crippen LogP contribution >= 0.6 is 11.8 Å². The number of anilines is 1. The van der Waals surface area contributed by atoms with E-state index in [4.69, 9.17) is 5.73 Å². The third-order valence-corrected chi connectivity index (χ3v) is 5.35. The molecule has 2 heterocycles. The summed E-state index contributed by atoms with van der Waals surface area (Å²) in [5, 5.41) is 0. The Morgan fingerprint density at radius 3 is 2.79 bits per heavy atom. The molecule has 0 aromatic carbocycles. The van der Waals surface area contributed by atoms with Gasteiger partial charge in [-0.25, -0.2) is 4.98 Å². The number of carbonyl (C=O) groups excluding carboxylic acids is 1. The molecular weight excluding hydrogens is 320 g/mol. The molecule has 24 heavy (non-hydrogen) atoms. The first-order valence-electron chi connectivity index (χ1n) is 8.85. The third kappa shape index (κ3) is 5.38. The van der Waals surface area contributed by atoms with Gasteiger partial charge < -0.3 is 15.5 Å². The highest BCUT2D eigenvalue weighted by molar-refractivity contribution is 7.98. The molecule has 1 aromatic rings. The van der Waals surface area contributed by atoms with E-state index in [0.717, 1.165) is 57.0 Å². The monoisotopic (exact) mass is 350 g/mol. The zero-order valence-corrected chi connectivity index (χ0v) is 15.7. The van der Waals surface area contributed by atoms with Gasteiger partial charge in [-0.15, -0.1) is 0 Å². The van der Waals surface area contributed by atoms with Gasteiger partial charge in [0.05, 0.1) is 6.04 Å². The Hall–Kier alpha value is -1.27. The Balaban J connectivity index is 1.81. The number of rotatable bonds is 8. The van der Waals surface area contributed by atoms with Gasteiger partial charge in [0.25, 0.3) is 0 Å². The topological polar surface area (TPSA) is 62.5 Å². The third-order valence-electron chi connectivity index (χ3n) is 4.71. The van der Waals surface area contributed by atoms with E-state index in [1.807, 2.05) is 36.4 Å². The molecule has 1 aromatic heterocycles. The highest BCUT2D eigenvalue weighted by atomic mass is 32.2. The summed E-state index contributed by atoms with van der Waals surface area (Å²) in [6, 6.07) is 5.68. The molecule has 2 N–H and O–H groups in total. The summed E-state index contributed by atoms with van der Waals surface area (Å²) in [6.45, 7) is 5.63. The van der Waals surface area contributed by atoms with Crippen molar-refractivity contribution < 1.29 is 4.79 Å². The van der Waals surface area contributed by atoms with Gasteiger partial charge >= 0.3 is 0 Å². The number of hydrogen-bond donors (Lipinski definition) is 1. The molecule has 0 aliphatic carbocycles. The molecule has 0 saturated carbocycles. The van der Waals surface area contributed by atoms with E-state index in [0.29, 0.717) is 5.92 Å². The fraction of sp³-hybridized carbons (Fsp3) is 0.667. The molecule has 0 radical (unpaired) electrons. The second kappa shape index (κ2) is 9.89. The molecule has 1 fully saturated rings. The van der Waals surface area contributed by atoms with Gasteiger partial charge in [-0.2, -0.15) is 11.8 Å². The van der Waals surface area contributed by atoms with E-state index in [-0.39, 0.29) is 11.9 Å². The zero-order valence-electron chi connectivity index (χ0n) is 14.9. The van der Waals surface area contributed by atoms with Crippen LogP contribution in [0.5, 0.6) is 0 Å². The lowest BCUT2D eigenvalue weighted by molar-refractivity contribution is -0.133. The van der Waals surface area contributed by atoms with Crippen LogP contribution in [-0.2, 0) is 4.79 Å². The van der Waals surface area contributed by atoms with Crippen LogP contribution in [-0.4, -0.2) is 60.0 Å². The van der Waals surface area contributed by atoms with Gasteiger partial charge in [-0.1, -0.05) is 6.07 Å². The first-order chi connectivity index (χ1) is 11.7. The highest BCUT2D eigenvalue weighted by Gasteiger charge is 2.25.